The van der Waals surface area contributed by atoms with E-state index < -0.39 is 0 Å². The van der Waals surface area contributed by atoms with Gasteiger partial charge >= 0.3 is 0 Å². The first-order chi connectivity index (χ1) is 9.84. The van der Waals surface area contributed by atoms with Crippen LogP contribution in [0.25, 0.3) is 6.08 Å². The van der Waals surface area contributed by atoms with Gasteiger partial charge in [-0.1, -0.05) is 30.3 Å². The molecule has 1 amide bonds. The molecule has 1 aromatic carbocycles. The molecule has 1 saturated heterocycles. The summed E-state index contributed by atoms with van der Waals surface area (Å²) in [6, 6.07) is 13.6. The number of rotatable bonds is 3. The van der Waals surface area contributed by atoms with Crippen molar-refractivity contribution in [2.75, 3.05) is 12.3 Å². The van der Waals surface area contributed by atoms with Gasteiger partial charge in [-0.2, -0.15) is 0 Å². The van der Waals surface area contributed by atoms with Crippen molar-refractivity contribution in [2.24, 2.45) is 0 Å². The second-order valence-electron chi connectivity index (χ2n) is 4.51. The average molecular weight is 285 g/mol. The first-order valence-corrected chi connectivity index (χ1v) is 7.58. The molecular formula is C16H15NO2S. The SMILES string of the molecule is O=C(C=Cc1ccccc1)N1CCSC1c1ccco1. The van der Waals surface area contributed by atoms with Gasteiger partial charge in [0.15, 0.2) is 0 Å². The summed E-state index contributed by atoms with van der Waals surface area (Å²) >= 11 is 1.74. The Bertz CT molecular complexity index is 592. The minimum Gasteiger partial charge on any atom is -0.466 e. The Morgan fingerprint density at radius 3 is 2.85 bits per heavy atom. The van der Waals surface area contributed by atoms with Crippen LogP contribution < -0.4 is 0 Å². The third-order valence-electron chi connectivity index (χ3n) is 3.18. The Balaban J connectivity index is 1.72. The molecule has 0 radical (unpaired) electrons. The van der Waals surface area contributed by atoms with E-state index in [0.29, 0.717) is 0 Å². The van der Waals surface area contributed by atoms with Crippen LogP contribution in [-0.4, -0.2) is 23.1 Å². The number of benzene rings is 1. The van der Waals surface area contributed by atoms with Crippen LogP contribution in [0.3, 0.4) is 0 Å². The van der Waals surface area contributed by atoms with Gasteiger partial charge in [0, 0.05) is 18.4 Å². The molecular weight excluding hydrogens is 270 g/mol. The number of thioether (sulfide) groups is 1. The smallest absolute Gasteiger partial charge is 0.247 e. The molecule has 1 aromatic heterocycles. The maximum atomic E-state index is 12.3. The second-order valence-corrected chi connectivity index (χ2v) is 5.70. The number of nitrogens with zero attached hydrogens (tertiary/aromatic N) is 1. The number of carbonyl (C=O) groups is 1. The second kappa shape index (κ2) is 6.01. The van der Waals surface area contributed by atoms with E-state index in [4.69, 9.17) is 4.42 Å². The van der Waals surface area contributed by atoms with Crippen LogP contribution in [0, 0.1) is 0 Å². The predicted octanol–water partition coefficient (Wildman–Crippen LogP) is 3.57. The van der Waals surface area contributed by atoms with Crippen LogP contribution in [-0.2, 0) is 4.79 Å². The molecule has 2 aromatic rings. The Morgan fingerprint density at radius 1 is 1.25 bits per heavy atom. The third-order valence-corrected chi connectivity index (χ3v) is 4.40. The van der Waals surface area contributed by atoms with Crippen LogP contribution in [0.4, 0.5) is 0 Å². The van der Waals surface area contributed by atoms with E-state index in [1.807, 2.05) is 53.4 Å². The molecule has 3 nitrogen and oxygen atoms in total. The van der Waals surface area contributed by atoms with Crippen LogP contribution in [0.1, 0.15) is 16.7 Å². The zero-order valence-corrected chi connectivity index (χ0v) is 11.8. The lowest BCUT2D eigenvalue weighted by atomic mass is 10.2. The quantitative estimate of drug-likeness (QED) is 0.808. The lowest BCUT2D eigenvalue weighted by molar-refractivity contribution is -0.126. The molecule has 3 rings (SSSR count). The molecule has 1 aliphatic rings. The first kappa shape index (κ1) is 13.1. The molecule has 1 fully saturated rings. The fourth-order valence-corrected chi connectivity index (χ4v) is 3.40. The summed E-state index contributed by atoms with van der Waals surface area (Å²) in [5, 5.41) is -0.00192. The lowest BCUT2D eigenvalue weighted by Crippen LogP contribution is -2.28. The molecule has 0 spiro atoms. The monoisotopic (exact) mass is 285 g/mol. The minimum atomic E-state index is -0.00192. The Kier molecular flexibility index (Phi) is 3.92. The van der Waals surface area contributed by atoms with E-state index >= 15 is 0 Å². The van der Waals surface area contributed by atoms with Gasteiger partial charge in [0.25, 0.3) is 0 Å². The number of hydrogen-bond acceptors (Lipinski definition) is 3. The molecule has 1 unspecified atom stereocenters. The minimum absolute atomic E-state index is 0.00192. The molecule has 4 heteroatoms. The third kappa shape index (κ3) is 2.80. The maximum Gasteiger partial charge on any atom is 0.247 e. The van der Waals surface area contributed by atoms with Crippen molar-refractivity contribution in [1.82, 2.24) is 4.90 Å². The van der Waals surface area contributed by atoms with E-state index in [0.717, 1.165) is 23.6 Å². The molecule has 0 N–H and O–H groups in total. The van der Waals surface area contributed by atoms with Gasteiger partial charge in [-0.15, -0.1) is 11.8 Å². The van der Waals surface area contributed by atoms with Crippen molar-refractivity contribution in [2.45, 2.75) is 5.37 Å². The molecule has 0 saturated carbocycles. The van der Waals surface area contributed by atoms with Gasteiger partial charge in [0.1, 0.15) is 11.1 Å². The van der Waals surface area contributed by atoms with E-state index in [1.165, 1.54) is 0 Å². The van der Waals surface area contributed by atoms with Gasteiger partial charge in [-0.25, -0.2) is 0 Å². The highest BCUT2D eigenvalue weighted by molar-refractivity contribution is 7.99. The fraction of sp³-hybridized carbons (Fsp3) is 0.188. The summed E-state index contributed by atoms with van der Waals surface area (Å²) in [4.78, 5) is 14.2. The zero-order chi connectivity index (χ0) is 13.8. The normalized spacial score (nSPS) is 18.8. The first-order valence-electron chi connectivity index (χ1n) is 6.53. The van der Waals surface area contributed by atoms with E-state index in [-0.39, 0.29) is 11.3 Å². The summed E-state index contributed by atoms with van der Waals surface area (Å²) < 4.78 is 5.42. The van der Waals surface area contributed by atoms with E-state index in [1.54, 1.807) is 24.1 Å². The molecule has 0 bridgehead atoms. The van der Waals surface area contributed by atoms with Gasteiger partial charge in [0.05, 0.1) is 6.26 Å². The standard InChI is InChI=1S/C16H15NO2S/c18-15(9-8-13-5-2-1-3-6-13)17-10-12-20-16(17)14-7-4-11-19-14/h1-9,11,16H,10,12H2. The van der Waals surface area contributed by atoms with Crippen molar-refractivity contribution < 1.29 is 9.21 Å². The van der Waals surface area contributed by atoms with Crippen molar-refractivity contribution in [3.8, 4) is 0 Å². The number of carbonyl (C=O) groups excluding carboxylic acids is 1. The topological polar surface area (TPSA) is 33.5 Å². The summed E-state index contributed by atoms with van der Waals surface area (Å²) in [5.74, 6) is 1.81. The highest BCUT2D eigenvalue weighted by Gasteiger charge is 2.31. The average Bonchev–Trinajstić information content (AvgIpc) is 3.15. The zero-order valence-electron chi connectivity index (χ0n) is 10.9. The largest absolute Gasteiger partial charge is 0.466 e. The maximum absolute atomic E-state index is 12.3. The number of hydrogen-bond donors (Lipinski definition) is 0. The lowest BCUT2D eigenvalue weighted by Gasteiger charge is -2.20. The van der Waals surface area contributed by atoms with Gasteiger partial charge in [0.2, 0.25) is 5.91 Å². The molecule has 2 heterocycles. The number of furan rings is 1. The van der Waals surface area contributed by atoms with Gasteiger partial charge in [-0.3, -0.25) is 4.79 Å². The van der Waals surface area contributed by atoms with Crippen molar-refractivity contribution in [1.29, 1.82) is 0 Å². The highest BCUT2D eigenvalue weighted by Crippen LogP contribution is 2.38. The summed E-state index contributed by atoms with van der Waals surface area (Å²) in [6.45, 7) is 0.758. The van der Waals surface area contributed by atoms with Crippen LogP contribution >= 0.6 is 11.8 Å². The fourth-order valence-electron chi connectivity index (χ4n) is 2.19. The van der Waals surface area contributed by atoms with Crippen LogP contribution in [0.15, 0.2) is 59.2 Å². The molecule has 20 heavy (non-hydrogen) atoms. The predicted molar refractivity (Wildman–Crippen MR) is 81.1 cm³/mol. The summed E-state index contributed by atoms with van der Waals surface area (Å²) in [6.07, 6.45) is 5.14. The molecule has 0 aliphatic carbocycles. The number of amides is 1. The van der Waals surface area contributed by atoms with Gasteiger partial charge < -0.3 is 9.32 Å². The van der Waals surface area contributed by atoms with Crippen molar-refractivity contribution in [3.63, 3.8) is 0 Å². The highest BCUT2D eigenvalue weighted by atomic mass is 32.2. The Hall–Kier alpha value is -1.94. The Morgan fingerprint density at radius 2 is 2.10 bits per heavy atom. The summed E-state index contributed by atoms with van der Waals surface area (Å²) in [7, 11) is 0. The van der Waals surface area contributed by atoms with Crippen molar-refractivity contribution in [3.05, 3.63) is 66.1 Å². The van der Waals surface area contributed by atoms with Crippen LogP contribution in [0.5, 0.6) is 0 Å². The summed E-state index contributed by atoms with van der Waals surface area (Å²) in [5.41, 5.74) is 1.03. The van der Waals surface area contributed by atoms with Gasteiger partial charge in [-0.05, 0) is 23.8 Å². The van der Waals surface area contributed by atoms with Crippen LogP contribution in [0.2, 0.25) is 0 Å². The van der Waals surface area contributed by atoms with E-state index in [9.17, 15) is 4.79 Å². The molecule has 102 valence electrons. The Labute approximate surface area is 122 Å². The van der Waals surface area contributed by atoms with Crippen molar-refractivity contribution >= 4 is 23.7 Å². The van der Waals surface area contributed by atoms with E-state index in [2.05, 4.69) is 0 Å². The molecule has 1 atom stereocenters. The molecule has 1 aliphatic heterocycles.